The Morgan fingerprint density at radius 3 is 2.22 bits per heavy atom. The summed E-state index contributed by atoms with van der Waals surface area (Å²) in [6.07, 6.45) is 0.701. The average Bonchev–Trinajstić information content (AvgIpc) is 2.21. The zero-order valence-corrected chi connectivity index (χ0v) is 11.1. The quantitative estimate of drug-likeness (QED) is 0.580. The van der Waals surface area contributed by atoms with Gasteiger partial charge in [-0.3, -0.25) is 4.79 Å². The molecule has 0 heterocycles. The minimum atomic E-state index is -1.15. The van der Waals surface area contributed by atoms with Crippen molar-refractivity contribution in [2.75, 3.05) is 0 Å². The van der Waals surface area contributed by atoms with Crippen LogP contribution in [0.25, 0.3) is 0 Å². The number of Topliss-reactive ketones (excluding diaryl/α,β-unsaturated/α-hetero) is 1. The van der Waals surface area contributed by atoms with E-state index in [0.29, 0.717) is 6.42 Å². The molecule has 0 aliphatic rings. The first kappa shape index (κ1) is 16.6. The third-order valence-corrected chi connectivity index (χ3v) is 2.46. The Morgan fingerprint density at radius 2 is 1.83 bits per heavy atom. The molecule has 4 N–H and O–H groups in total. The number of nitrogens with one attached hydrogen (secondary N) is 1. The monoisotopic (exact) mass is 258 g/mol. The number of rotatable bonds is 8. The van der Waals surface area contributed by atoms with Crippen LogP contribution in [0.15, 0.2) is 0 Å². The highest BCUT2D eigenvalue weighted by atomic mass is 16.4. The van der Waals surface area contributed by atoms with Crippen LogP contribution < -0.4 is 11.1 Å². The molecule has 0 aromatic carbocycles. The van der Waals surface area contributed by atoms with Gasteiger partial charge in [0, 0.05) is 6.42 Å². The van der Waals surface area contributed by atoms with Gasteiger partial charge in [0.2, 0.25) is 5.91 Å². The number of carboxylic acids is 1. The van der Waals surface area contributed by atoms with Crippen molar-refractivity contribution in [3.05, 3.63) is 0 Å². The van der Waals surface area contributed by atoms with E-state index in [2.05, 4.69) is 5.32 Å². The summed E-state index contributed by atoms with van der Waals surface area (Å²) in [7, 11) is 0. The van der Waals surface area contributed by atoms with Gasteiger partial charge in [0.05, 0.1) is 6.04 Å². The van der Waals surface area contributed by atoms with Gasteiger partial charge in [-0.05, 0) is 25.7 Å². The molecule has 0 aliphatic carbocycles. The molecule has 104 valence electrons. The molecule has 0 rings (SSSR count). The van der Waals surface area contributed by atoms with E-state index >= 15 is 0 Å². The molecule has 0 radical (unpaired) electrons. The average molecular weight is 258 g/mol. The fourth-order valence-electron chi connectivity index (χ4n) is 1.50. The summed E-state index contributed by atoms with van der Waals surface area (Å²) in [5, 5.41) is 11.3. The number of hydrogen-bond acceptors (Lipinski definition) is 4. The Balaban J connectivity index is 4.35. The van der Waals surface area contributed by atoms with Crippen molar-refractivity contribution in [2.45, 2.75) is 52.1 Å². The number of ketones is 1. The second kappa shape index (κ2) is 7.81. The van der Waals surface area contributed by atoms with Gasteiger partial charge in [0.15, 0.2) is 0 Å². The highest BCUT2D eigenvalue weighted by Crippen LogP contribution is 2.04. The normalized spacial score (nSPS) is 14.1. The molecule has 2 atom stereocenters. The van der Waals surface area contributed by atoms with Gasteiger partial charge in [-0.15, -0.1) is 0 Å². The van der Waals surface area contributed by atoms with Crippen molar-refractivity contribution in [2.24, 2.45) is 11.7 Å². The molecular formula is C12H22N2O4. The third kappa shape index (κ3) is 7.01. The standard InChI is InChI=1S/C12H22N2O4/c1-7(2)6-9(13)11(16)14-10(12(17)18)5-4-8(3)15/h7,9-10H,4-6,13H2,1-3H3,(H,14,16)(H,17,18)/t9-,10?/m0/s1. The number of amides is 1. The lowest BCUT2D eigenvalue weighted by atomic mass is 10.0. The minimum Gasteiger partial charge on any atom is -0.480 e. The van der Waals surface area contributed by atoms with E-state index in [-0.39, 0.29) is 24.5 Å². The van der Waals surface area contributed by atoms with Crippen LogP contribution in [0.5, 0.6) is 0 Å². The molecule has 0 aromatic rings. The van der Waals surface area contributed by atoms with E-state index in [1.165, 1.54) is 6.92 Å². The Bertz CT molecular complexity index is 315. The Hall–Kier alpha value is -1.43. The van der Waals surface area contributed by atoms with Gasteiger partial charge in [0.1, 0.15) is 11.8 Å². The van der Waals surface area contributed by atoms with Crippen LogP contribution in [-0.4, -0.2) is 34.8 Å². The molecule has 0 fully saturated rings. The van der Waals surface area contributed by atoms with Crippen molar-refractivity contribution in [3.8, 4) is 0 Å². The largest absolute Gasteiger partial charge is 0.480 e. The molecule has 0 saturated carbocycles. The van der Waals surface area contributed by atoms with Gasteiger partial charge in [-0.2, -0.15) is 0 Å². The second-order valence-corrected chi connectivity index (χ2v) is 4.88. The molecule has 6 heteroatoms. The fourth-order valence-corrected chi connectivity index (χ4v) is 1.50. The first-order valence-electron chi connectivity index (χ1n) is 6.02. The first-order chi connectivity index (χ1) is 8.23. The second-order valence-electron chi connectivity index (χ2n) is 4.88. The smallest absolute Gasteiger partial charge is 0.326 e. The maximum atomic E-state index is 11.7. The highest BCUT2D eigenvalue weighted by molar-refractivity contribution is 5.87. The lowest BCUT2D eigenvalue weighted by molar-refractivity contribution is -0.142. The van der Waals surface area contributed by atoms with Gasteiger partial charge in [-0.1, -0.05) is 13.8 Å². The van der Waals surface area contributed by atoms with Crippen molar-refractivity contribution >= 4 is 17.7 Å². The predicted molar refractivity (Wildman–Crippen MR) is 66.9 cm³/mol. The molecule has 6 nitrogen and oxygen atoms in total. The zero-order chi connectivity index (χ0) is 14.3. The summed E-state index contributed by atoms with van der Waals surface area (Å²) in [4.78, 5) is 33.4. The summed E-state index contributed by atoms with van der Waals surface area (Å²) in [6, 6.07) is -1.77. The van der Waals surface area contributed by atoms with Crippen LogP contribution in [0.4, 0.5) is 0 Å². The number of aliphatic carboxylic acids is 1. The molecule has 0 spiro atoms. The van der Waals surface area contributed by atoms with E-state index in [4.69, 9.17) is 10.8 Å². The van der Waals surface area contributed by atoms with Crippen molar-refractivity contribution in [1.29, 1.82) is 0 Å². The minimum absolute atomic E-state index is 0.0881. The number of carboxylic acid groups (broad SMARTS) is 1. The number of hydrogen-bond donors (Lipinski definition) is 3. The molecule has 1 unspecified atom stereocenters. The zero-order valence-electron chi connectivity index (χ0n) is 11.1. The fraction of sp³-hybridized carbons (Fsp3) is 0.750. The van der Waals surface area contributed by atoms with E-state index in [1.807, 2.05) is 13.8 Å². The predicted octanol–water partition coefficient (Wildman–Crippen LogP) is 0.298. The summed E-state index contributed by atoms with van der Waals surface area (Å²) in [6.45, 7) is 5.24. The lowest BCUT2D eigenvalue weighted by Gasteiger charge is -2.18. The summed E-state index contributed by atoms with van der Waals surface area (Å²) in [5.41, 5.74) is 5.65. The van der Waals surface area contributed by atoms with E-state index in [1.54, 1.807) is 0 Å². The van der Waals surface area contributed by atoms with E-state index in [0.717, 1.165) is 0 Å². The van der Waals surface area contributed by atoms with E-state index in [9.17, 15) is 14.4 Å². The Labute approximate surface area is 107 Å². The molecule has 1 amide bonds. The maximum Gasteiger partial charge on any atom is 0.326 e. The highest BCUT2D eigenvalue weighted by Gasteiger charge is 2.23. The van der Waals surface area contributed by atoms with Crippen LogP contribution in [0.1, 0.15) is 40.0 Å². The van der Waals surface area contributed by atoms with Crippen molar-refractivity contribution < 1.29 is 19.5 Å². The van der Waals surface area contributed by atoms with Crippen LogP contribution in [0.3, 0.4) is 0 Å². The molecule has 0 saturated heterocycles. The summed E-state index contributed by atoms with van der Waals surface area (Å²) >= 11 is 0. The summed E-state index contributed by atoms with van der Waals surface area (Å²) in [5.74, 6) is -1.49. The van der Waals surface area contributed by atoms with Gasteiger partial charge < -0.3 is 21.0 Å². The van der Waals surface area contributed by atoms with Crippen LogP contribution in [-0.2, 0) is 14.4 Å². The Morgan fingerprint density at radius 1 is 1.28 bits per heavy atom. The molecular weight excluding hydrogens is 236 g/mol. The molecule has 0 aliphatic heterocycles. The SMILES string of the molecule is CC(=O)CCC(NC(=O)[C@@H](N)CC(C)C)C(=O)O. The molecule has 0 aromatic heterocycles. The van der Waals surface area contributed by atoms with Crippen molar-refractivity contribution in [3.63, 3.8) is 0 Å². The Kier molecular flexibility index (Phi) is 7.19. The topological polar surface area (TPSA) is 109 Å². The van der Waals surface area contributed by atoms with E-state index < -0.39 is 24.0 Å². The van der Waals surface area contributed by atoms with Gasteiger partial charge >= 0.3 is 5.97 Å². The van der Waals surface area contributed by atoms with Gasteiger partial charge in [0.25, 0.3) is 0 Å². The van der Waals surface area contributed by atoms with Crippen LogP contribution in [0.2, 0.25) is 0 Å². The van der Waals surface area contributed by atoms with Crippen LogP contribution in [0, 0.1) is 5.92 Å². The number of carbonyl (C=O) groups is 3. The van der Waals surface area contributed by atoms with Crippen LogP contribution >= 0.6 is 0 Å². The van der Waals surface area contributed by atoms with Gasteiger partial charge in [-0.25, -0.2) is 4.79 Å². The van der Waals surface area contributed by atoms with Crippen molar-refractivity contribution in [1.82, 2.24) is 5.32 Å². The third-order valence-electron chi connectivity index (χ3n) is 2.46. The maximum absolute atomic E-state index is 11.7. The molecule has 0 bridgehead atoms. The first-order valence-corrected chi connectivity index (χ1v) is 6.02. The lowest BCUT2D eigenvalue weighted by Crippen LogP contribution is -2.48. The number of nitrogens with two attached hydrogens (primary N) is 1. The summed E-state index contributed by atoms with van der Waals surface area (Å²) < 4.78 is 0. The number of carbonyl (C=O) groups excluding carboxylic acids is 2. The molecule has 18 heavy (non-hydrogen) atoms.